The van der Waals surface area contributed by atoms with Crippen LogP contribution in [0.25, 0.3) is 22.3 Å². The molecule has 0 saturated heterocycles. The molecular weight excluding hydrogens is 938 g/mol. The van der Waals surface area contributed by atoms with E-state index in [2.05, 4.69) is 111 Å². The van der Waals surface area contributed by atoms with E-state index in [0.717, 1.165) is 101 Å². The number of benzene rings is 8. The van der Waals surface area contributed by atoms with E-state index in [1.165, 1.54) is 0 Å². The molecule has 0 spiro atoms. The van der Waals surface area contributed by atoms with Crippen molar-refractivity contribution in [2.24, 2.45) is 0 Å². The Kier molecular flexibility index (Phi) is 16.0. The Morgan fingerprint density at radius 3 is 1.07 bits per heavy atom. The fourth-order valence-electron chi connectivity index (χ4n) is 8.61. The molecule has 1 atom stereocenters. The second-order valence-corrected chi connectivity index (χ2v) is 19.0. The molecular formula is C58H50N3NaO7S2. The average Bonchev–Trinajstić information content (AvgIpc) is 3.40. The maximum absolute atomic E-state index is 12.3. The third-order valence-corrected chi connectivity index (χ3v) is 14.4. The summed E-state index contributed by atoms with van der Waals surface area (Å²) >= 11 is 1.66. The van der Waals surface area contributed by atoms with E-state index in [-0.39, 0.29) is 42.5 Å². The largest absolute Gasteiger partial charge is 1.00 e. The van der Waals surface area contributed by atoms with Crippen molar-refractivity contribution in [2.75, 3.05) is 49.7 Å². The molecule has 1 heterocycles. The Hall–Kier alpha value is -6.82. The van der Waals surface area contributed by atoms with Crippen molar-refractivity contribution in [1.29, 1.82) is 0 Å². The first-order valence-corrected chi connectivity index (χ1v) is 24.8. The molecule has 1 unspecified atom stereocenters. The Morgan fingerprint density at radius 2 is 0.789 bits per heavy atom. The third-order valence-electron chi connectivity index (χ3n) is 12.2. The molecule has 0 radical (unpaired) electrons. The summed E-state index contributed by atoms with van der Waals surface area (Å²) in [6.07, 6.45) is 0.0421. The summed E-state index contributed by atoms with van der Waals surface area (Å²) < 4.78 is 58.8. The quantitative estimate of drug-likeness (QED) is 0.0525. The monoisotopic (exact) mass is 987 g/mol. The number of hydrogen-bond donors (Lipinski definition) is 0. The van der Waals surface area contributed by atoms with Gasteiger partial charge in [-0.25, -0.2) is 8.42 Å². The third kappa shape index (κ3) is 11.2. The number of ether oxygens (including phenoxy) is 4. The van der Waals surface area contributed by atoms with Crippen molar-refractivity contribution in [3.63, 3.8) is 0 Å². The van der Waals surface area contributed by atoms with Gasteiger partial charge in [0.25, 0.3) is 0 Å². The van der Waals surface area contributed by atoms with Crippen LogP contribution in [-0.2, 0) is 10.1 Å². The minimum atomic E-state index is -4.66. The van der Waals surface area contributed by atoms with Crippen molar-refractivity contribution in [2.45, 2.75) is 28.4 Å². The van der Waals surface area contributed by atoms with Gasteiger partial charge in [0.15, 0.2) is 0 Å². The van der Waals surface area contributed by atoms with Crippen LogP contribution in [0.3, 0.4) is 0 Å². The summed E-state index contributed by atoms with van der Waals surface area (Å²) in [6, 6.07) is 61.5. The van der Waals surface area contributed by atoms with Gasteiger partial charge in [-0.05, 0) is 181 Å². The molecule has 0 N–H and O–H groups in total. The number of methoxy groups -OCH3 is 4. The second kappa shape index (κ2) is 22.5. The van der Waals surface area contributed by atoms with Crippen molar-refractivity contribution in [1.82, 2.24) is 0 Å². The van der Waals surface area contributed by atoms with Crippen LogP contribution >= 0.6 is 11.8 Å². The molecule has 9 rings (SSSR count). The summed E-state index contributed by atoms with van der Waals surface area (Å²) in [5.74, 6) is 8.39. The molecule has 71 heavy (non-hydrogen) atoms. The van der Waals surface area contributed by atoms with E-state index in [4.69, 9.17) is 18.9 Å². The van der Waals surface area contributed by atoms with Crippen molar-refractivity contribution in [3.05, 3.63) is 182 Å². The summed E-state index contributed by atoms with van der Waals surface area (Å²) in [5, 5.41) is -1.33. The van der Waals surface area contributed by atoms with Crippen LogP contribution in [0.1, 0.15) is 13.3 Å². The van der Waals surface area contributed by atoms with Gasteiger partial charge < -0.3 is 38.2 Å². The predicted octanol–water partition coefficient (Wildman–Crippen LogP) is 10.9. The first kappa shape index (κ1) is 50.6. The second-order valence-electron chi connectivity index (χ2n) is 16.3. The molecule has 8 aromatic carbocycles. The fraction of sp³-hybridized carbons (Fsp3) is 0.138. The van der Waals surface area contributed by atoms with Gasteiger partial charge in [0.05, 0.1) is 39.8 Å². The fourth-order valence-corrected chi connectivity index (χ4v) is 10.4. The topological polar surface area (TPSA) is 104 Å². The van der Waals surface area contributed by atoms with Crippen LogP contribution in [0.2, 0.25) is 0 Å². The van der Waals surface area contributed by atoms with Gasteiger partial charge >= 0.3 is 29.6 Å². The Morgan fingerprint density at radius 1 is 0.493 bits per heavy atom. The van der Waals surface area contributed by atoms with E-state index >= 15 is 0 Å². The van der Waals surface area contributed by atoms with Gasteiger partial charge in [-0.3, -0.25) is 0 Å². The summed E-state index contributed by atoms with van der Waals surface area (Å²) in [4.78, 5) is 8.47. The van der Waals surface area contributed by atoms with E-state index in [9.17, 15) is 13.0 Å². The maximum atomic E-state index is 12.3. The van der Waals surface area contributed by atoms with Crippen molar-refractivity contribution in [3.8, 4) is 57.1 Å². The molecule has 1 aliphatic rings. The van der Waals surface area contributed by atoms with Crippen molar-refractivity contribution < 1.29 is 61.5 Å². The normalized spacial score (nSPS) is 11.9. The van der Waals surface area contributed by atoms with Gasteiger partial charge in [-0.15, -0.1) is 5.92 Å². The van der Waals surface area contributed by atoms with Gasteiger partial charge in [0.2, 0.25) is 0 Å². The van der Waals surface area contributed by atoms with Gasteiger partial charge in [0, 0.05) is 50.5 Å². The predicted molar refractivity (Wildman–Crippen MR) is 282 cm³/mol. The van der Waals surface area contributed by atoms with Crippen LogP contribution in [-0.4, -0.2) is 53.2 Å². The molecule has 0 saturated carbocycles. The Balaban J connectivity index is 0.00000676. The molecule has 0 aliphatic carbocycles. The van der Waals surface area contributed by atoms with E-state index in [1.807, 2.05) is 97.1 Å². The van der Waals surface area contributed by atoms with Crippen LogP contribution in [0.4, 0.5) is 45.5 Å². The molecule has 0 fully saturated rings. The van der Waals surface area contributed by atoms with Gasteiger partial charge in [-0.1, -0.05) is 54.1 Å². The zero-order valence-electron chi connectivity index (χ0n) is 40.3. The zero-order chi connectivity index (χ0) is 48.8. The summed E-state index contributed by atoms with van der Waals surface area (Å²) in [7, 11) is 1.97. The number of rotatable bonds is 16. The molecule has 0 aromatic heterocycles. The van der Waals surface area contributed by atoms with E-state index < -0.39 is 15.4 Å². The average molecular weight is 988 g/mol. The number of fused-ring (bicyclic) bond motifs is 2. The van der Waals surface area contributed by atoms with Crippen LogP contribution in [0.15, 0.2) is 192 Å². The molecule has 352 valence electrons. The van der Waals surface area contributed by atoms with E-state index in [0.29, 0.717) is 0 Å². The SMILES string of the molecule is CC#CC(CCN1c2ccc(-c3ccc(N(c4ccc(OC)cc4)c4ccc(OC)cc4)cc3)cc2Sc2cc(-c3ccc(N(c4ccc(OC)cc4)c4ccc(OC)cc4)cc3)ccc21)S(=O)(=O)[O-].[Na+]. The van der Waals surface area contributed by atoms with Crippen molar-refractivity contribution >= 4 is 67.4 Å². The smallest absolute Gasteiger partial charge is 0.747 e. The number of nitrogens with zero attached hydrogens (tertiary/aromatic N) is 3. The molecule has 13 heteroatoms. The first-order valence-electron chi connectivity index (χ1n) is 22.5. The standard InChI is InChI=1S/C58H51N3O7S2.Na/c1-6-7-54(70(62,63)64)36-37-59-55-34-12-42(40-8-14-44(15-9-40)60(46-18-26-50(65-2)27-19-46)47-20-28-51(66-3)29-21-47)38-57(55)69-58-39-43(13-35-56(58)59)41-10-16-45(17-11-41)61(48-22-30-52(67-4)31-23-48)49-24-32-53(68-5)33-25-49;/h8-35,38-39,54H,36-37H2,1-5H3,(H,62,63,64);/q;+1/p-1. The Bertz CT molecular complexity index is 2990. The maximum Gasteiger partial charge on any atom is 1.00 e. The summed E-state index contributed by atoms with van der Waals surface area (Å²) in [5.41, 5.74) is 11.8. The van der Waals surface area contributed by atoms with Crippen LogP contribution in [0.5, 0.6) is 23.0 Å². The van der Waals surface area contributed by atoms with Crippen LogP contribution in [0, 0.1) is 11.8 Å². The van der Waals surface area contributed by atoms with E-state index in [1.54, 1.807) is 47.1 Å². The Labute approximate surface area is 442 Å². The van der Waals surface area contributed by atoms with Gasteiger partial charge in [0.1, 0.15) is 38.4 Å². The minimum Gasteiger partial charge on any atom is -0.747 e. The minimum absolute atomic E-state index is 0. The molecule has 10 nitrogen and oxygen atoms in total. The number of anilines is 8. The number of hydrogen-bond acceptors (Lipinski definition) is 11. The molecule has 0 amide bonds. The summed E-state index contributed by atoms with van der Waals surface area (Å²) in [6.45, 7) is 1.82. The zero-order valence-corrected chi connectivity index (χ0v) is 44.0. The van der Waals surface area contributed by atoms with Gasteiger partial charge in [-0.2, -0.15) is 0 Å². The molecule has 0 bridgehead atoms. The van der Waals surface area contributed by atoms with Crippen LogP contribution < -0.4 is 63.2 Å². The molecule has 8 aromatic rings. The first-order chi connectivity index (χ1) is 34.1. The molecule has 1 aliphatic heterocycles.